The molecule has 1 N–H and O–H groups in total. The molecule has 10 heavy (non-hydrogen) atoms. The molecule has 0 radical (unpaired) electrons. The fourth-order valence-electron chi connectivity index (χ4n) is 0.788. The van der Waals surface area contributed by atoms with Gasteiger partial charge in [-0.1, -0.05) is 4.49 Å². The van der Waals surface area contributed by atoms with Gasteiger partial charge in [-0.05, 0) is 32.3 Å². The molecule has 0 saturated carbocycles. The Kier molecular flexibility index (Phi) is 1.74. The predicted octanol–water partition coefficient (Wildman–Crippen LogP) is 1.07. The SMILES string of the molecule is Cc1nnsc1C(C)(C)O. The maximum atomic E-state index is 9.49. The second-order valence-electron chi connectivity index (χ2n) is 2.75. The molecule has 0 bridgehead atoms. The van der Waals surface area contributed by atoms with Crippen molar-refractivity contribution >= 4 is 11.5 Å². The summed E-state index contributed by atoms with van der Waals surface area (Å²) in [4.78, 5) is 0.840. The van der Waals surface area contributed by atoms with Crippen molar-refractivity contribution in [2.24, 2.45) is 0 Å². The highest BCUT2D eigenvalue weighted by atomic mass is 32.1. The molecule has 4 heteroatoms. The van der Waals surface area contributed by atoms with E-state index in [9.17, 15) is 5.11 Å². The maximum absolute atomic E-state index is 9.49. The molecule has 0 amide bonds. The Balaban J connectivity index is 3.05. The number of aromatic nitrogens is 2. The van der Waals surface area contributed by atoms with Crippen molar-refractivity contribution in [1.82, 2.24) is 9.59 Å². The molecule has 0 fully saturated rings. The summed E-state index contributed by atoms with van der Waals surface area (Å²) in [6.45, 7) is 5.31. The van der Waals surface area contributed by atoms with E-state index >= 15 is 0 Å². The number of hydrogen-bond acceptors (Lipinski definition) is 4. The molecule has 1 rings (SSSR count). The van der Waals surface area contributed by atoms with Crippen LogP contribution in [0.2, 0.25) is 0 Å². The Morgan fingerprint density at radius 3 is 2.30 bits per heavy atom. The van der Waals surface area contributed by atoms with Gasteiger partial charge in [0.1, 0.15) is 0 Å². The van der Waals surface area contributed by atoms with Crippen LogP contribution in [0, 0.1) is 6.92 Å². The van der Waals surface area contributed by atoms with Gasteiger partial charge in [0.2, 0.25) is 0 Å². The van der Waals surface area contributed by atoms with Gasteiger partial charge in [0.05, 0.1) is 16.2 Å². The zero-order valence-corrected chi connectivity index (χ0v) is 7.07. The molecular weight excluding hydrogens is 148 g/mol. The summed E-state index contributed by atoms with van der Waals surface area (Å²) in [5.74, 6) is 0. The summed E-state index contributed by atoms with van der Waals surface area (Å²) in [7, 11) is 0. The molecule has 0 saturated heterocycles. The topological polar surface area (TPSA) is 46.0 Å². The first-order chi connectivity index (χ1) is 4.52. The van der Waals surface area contributed by atoms with E-state index < -0.39 is 5.60 Å². The van der Waals surface area contributed by atoms with E-state index in [2.05, 4.69) is 9.59 Å². The van der Waals surface area contributed by atoms with Gasteiger partial charge in [0.15, 0.2) is 0 Å². The molecule has 0 aromatic carbocycles. The minimum atomic E-state index is -0.793. The third kappa shape index (κ3) is 1.33. The van der Waals surface area contributed by atoms with Crippen LogP contribution < -0.4 is 0 Å². The zero-order chi connectivity index (χ0) is 7.78. The fraction of sp³-hybridized carbons (Fsp3) is 0.667. The van der Waals surface area contributed by atoms with Crippen LogP contribution in [0.25, 0.3) is 0 Å². The maximum Gasteiger partial charge on any atom is 0.0966 e. The van der Waals surface area contributed by atoms with Crippen LogP contribution in [0.3, 0.4) is 0 Å². The quantitative estimate of drug-likeness (QED) is 0.665. The van der Waals surface area contributed by atoms with Crippen LogP contribution in [-0.4, -0.2) is 14.7 Å². The van der Waals surface area contributed by atoms with Gasteiger partial charge in [0, 0.05) is 0 Å². The largest absolute Gasteiger partial charge is 0.385 e. The Morgan fingerprint density at radius 1 is 1.50 bits per heavy atom. The van der Waals surface area contributed by atoms with E-state index in [0.29, 0.717) is 0 Å². The zero-order valence-electron chi connectivity index (χ0n) is 6.25. The Morgan fingerprint density at radius 2 is 2.10 bits per heavy atom. The molecule has 1 heterocycles. The fourth-order valence-corrected chi connectivity index (χ4v) is 1.43. The number of aliphatic hydroxyl groups is 1. The van der Waals surface area contributed by atoms with E-state index in [1.807, 2.05) is 6.92 Å². The van der Waals surface area contributed by atoms with E-state index in [1.54, 1.807) is 13.8 Å². The minimum Gasteiger partial charge on any atom is -0.385 e. The van der Waals surface area contributed by atoms with Crippen LogP contribution in [-0.2, 0) is 5.60 Å². The van der Waals surface area contributed by atoms with Crippen molar-refractivity contribution in [1.29, 1.82) is 0 Å². The van der Waals surface area contributed by atoms with Crippen molar-refractivity contribution < 1.29 is 5.11 Å². The first-order valence-corrected chi connectivity index (χ1v) is 3.81. The minimum absolute atomic E-state index is 0.793. The molecule has 1 aromatic rings. The normalized spacial score (nSPS) is 12.0. The number of aryl methyl sites for hydroxylation is 1. The predicted molar refractivity (Wildman–Crippen MR) is 39.9 cm³/mol. The van der Waals surface area contributed by atoms with Crippen molar-refractivity contribution in [3.05, 3.63) is 10.6 Å². The first kappa shape index (κ1) is 7.63. The lowest BCUT2D eigenvalue weighted by Gasteiger charge is -2.13. The van der Waals surface area contributed by atoms with Gasteiger partial charge in [-0.3, -0.25) is 0 Å². The third-order valence-corrected chi connectivity index (χ3v) is 2.35. The molecule has 0 aliphatic heterocycles. The standard InChI is InChI=1S/C6H10N2OS/c1-4-5(6(2,3)9)10-8-7-4/h9H,1-3H3. The molecular formula is C6H10N2OS. The highest BCUT2D eigenvalue weighted by Gasteiger charge is 2.21. The summed E-state index contributed by atoms with van der Waals surface area (Å²) in [5.41, 5.74) is 0.0237. The Hall–Kier alpha value is -0.480. The number of rotatable bonds is 1. The first-order valence-electron chi connectivity index (χ1n) is 3.03. The second kappa shape index (κ2) is 2.29. The van der Waals surface area contributed by atoms with Gasteiger partial charge < -0.3 is 5.11 Å². The molecule has 0 atom stereocenters. The summed E-state index contributed by atoms with van der Waals surface area (Å²) < 4.78 is 3.72. The molecule has 0 spiro atoms. The second-order valence-corrected chi connectivity index (χ2v) is 3.50. The van der Waals surface area contributed by atoms with Crippen molar-refractivity contribution in [3.8, 4) is 0 Å². The average molecular weight is 158 g/mol. The summed E-state index contributed by atoms with van der Waals surface area (Å²) in [6, 6.07) is 0. The summed E-state index contributed by atoms with van der Waals surface area (Å²) in [5, 5.41) is 13.3. The lowest BCUT2D eigenvalue weighted by atomic mass is 10.1. The van der Waals surface area contributed by atoms with E-state index in [-0.39, 0.29) is 0 Å². The van der Waals surface area contributed by atoms with Gasteiger partial charge >= 0.3 is 0 Å². The summed E-state index contributed by atoms with van der Waals surface area (Å²) >= 11 is 1.25. The third-order valence-electron chi connectivity index (χ3n) is 1.21. The van der Waals surface area contributed by atoms with Crippen molar-refractivity contribution in [3.63, 3.8) is 0 Å². The highest BCUT2D eigenvalue weighted by molar-refractivity contribution is 7.05. The number of hydrogen-bond donors (Lipinski definition) is 1. The molecule has 0 aliphatic carbocycles. The molecule has 56 valence electrons. The Bertz CT molecular complexity index is 226. The lowest BCUT2D eigenvalue weighted by molar-refractivity contribution is 0.0817. The van der Waals surface area contributed by atoms with Gasteiger partial charge in [-0.2, -0.15) is 0 Å². The lowest BCUT2D eigenvalue weighted by Crippen LogP contribution is -2.14. The Labute approximate surface area is 63.9 Å². The van der Waals surface area contributed by atoms with E-state index in [0.717, 1.165) is 10.6 Å². The number of nitrogens with zero attached hydrogens (tertiary/aromatic N) is 2. The summed E-state index contributed by atoms with van der Waals surface area (Å²) in [6.07, 6.45) is 0. The van der Waals surface area contributed by atoms with Crippen LogP contribution in [0.5, 0.6) is 0 Å². The highest BCUT2D eigenvalue weighted by Crippen LogP contribution is 2.24. The van der Waals surface area contributed by atoms with Crippen LogP contribution >= 0.6 is 11.5 Å². The van der Waals surface area contributed by atoms with Crippen molar-refractivity contribution in [2.45, 2.75) is 26.4 Å². The van der Waals surface area contributed by atoms with Gasteiger partial charge in [0.25, 0.3) is 0 Å². The molecule has 0 aliphatic rings. The van der Waals surface area contributed by atoms with Gasteiger partial charge in [-0.15, -0.1) is 5.10 Å². The smallest absolute Gasteiger partial charge is 0.0966 e. The van der Waals surface area contributed by atoms with E-state index in [1.165, 1.54) is 11.5 Å². The van der Waals surface area contributed by atoms with E-state index in [4.69, 9.17) is 0 Å². The molecule has 0 unspecified atom stereocenters. The van der Waals surface area contributed by atoms with Crippen molar-refractivity contribution in [2.75, 3.05) is 0 Å². The average Bonchev–Trinajstić information content (AvgIpc) is 2.11. The van der Waals surface area contributed by atoms with Crippen LogP contribution in [0.15, 0.2) is 0 Å². The molecule has 3 nitrogen and oxygen atoms in total. The van der Waals surface area contributed by atoms with Gasteiger partial charge in [-0.25, -0.2) is 0 Å². The monoisotopic (exact) mass is 158 g/mol. The molecule has 1 aromatic heterocycles. The van der Waals surface area contributed by atoms with Crippen LogP contribution in [0.1, 0.15) is 24.4 Å². The van der Waals surface area contributed by atoms with Crippen LogP contribution in [0.4, 0.5) is 0 Å².